The van der Waals surface area contributed by atoms with Crippen LogP contribution in [0.3, 0.4) is 0 Å². The smallest absolute Gasteiger partial charge is 0.271 e. The van der Waals surface area contributed by atoms with Crippen LogP contribution in [0.1, 0.15) is 0 Å². The van der Waals surface area contributed by atoms with E-state index >= 15 is 0 Å². The molecule has 0 bridgehead atoms. The molecule has 0 aliphatic carbocycles. The minimum absolute atomic E-state index is 0.506. The molecular formula is C12H5F5N2O4S. The molecule has 0 aromatic heterocycles. The molecule has 2 aromatic carbocycles. The molecule has 0 spiro atoms. The van der Waals surface area contributed by atoms with Gasteiger partial charge in [-0.05, 0) is 6.07 Å². The van der Waals surface area contributed by atoms with Crippen LogP contribution in [0, 0.1) is 39.2 Å². The van der Waals surface area contributed by atoms with Gasteiger partial charge in [-0.25, -0.2) is 30.4 Å². The lowest BCUT2D eigenvalue weighted by atomic mass is 10.3. The van der Waals surface area contributed by atoms with Crippen molar-refractivity contribution in [2.45, 2.75) is 4.90 Å². The molecule has 24 heavy (non-hydrogen) atoms. The van der Waals surface area contributed by atoms with Crippen LogP contribution in [0.25, 0.3) is 0 Å². The molecule has 2 rings (SSSR count). The lowest BCUT2D eigenvalue weighted by Crippen LogP contribution is -2.19. The Bertz CT molecular complexity index is 920. The van der Waals surface area contributed by atoms with Crippen molar-refractivity contribution in [1.29, 1.82) is 0 Å². The summed E-state index contributed by atoms with van der Waals surface area (Å²) in [4.78, 5) is 7.62. The van der Waals surface area contributed by atoms with Gasteiger partial charge in [0.25, 0.3) is 15.7 Å². The Balaban J connectivity index is 2.57. The number of hydrogen-bond acceptors (Lipinski definition) is 4. The largest absolute Gasteiger partial charge is 0.279 e. The number of benzene rings is 2. The number of halogens is 5. The van der Waals surface area contributed by atoms with Crippen LogP contribution >= 0.6 is 0 Å². The minimum atomic E-state index is -5.25. The maximum atomic E-state index is 13.6. The molecule has 0 atom stereocenters. The van der Waals surface area contributed by atoms with E-state index in [1.807, 2.05) is 0 Å². The summed E-state index contributed by atoms with van der Waals surface area (Å²) in [5.74, 6) is -12.5. The monoisotopic (exact) mass is 368 g/mol. The van der Waals surface area contributed by atoms with Gasteiger partial charge in [0, 0.05) is 12.1 Å². The van der Waals surface area contributed by atoms with Crippen LogP contribution in [0.4, 0.5) is 33.3 Å². The van der Waals surface area contributed by atoms with Gasteiger partial charge in [0.15, 0.2) is 28.2 Å². The zero-order valence-electron chi connectivity index (χ0n) is 11.2. The topological polar surface area (TPSA) is 89.3 Å². The van der Waals surface area contributed by atoms with Crippen molar-refractivity contribution in [3.63, 3.8) is 0 Å². The van der Waals surface area contributed by atoms with Crippen molar-refractivity contribution < 1.29 is 35.3 Å². The number of nitro groups is 1. The van der Waals surface area contributed by atoms with E-state index in [4.69, 9.17) is 0 Å². The molecule has 128 valence electrons. The normalized spacial score (nSPS) is 11.4. The molecule has 6 nitrogen and oxygen atoms in total. The highest BCUT2D eigenvalue weighted by molar-refractivity contribution is 7.92. The van der Waals surface area contributed by atoms with Gasteiger partial charge in [0.1, 0.15) is 0 Å². The van der Waals surface area contributed by atoms with Crippen LogP contribution in [-0.4, -0.2) is 13.3 Å². The first kappa shape index (κ1) is 17.6. The van der Waals surface area contributed by atoms with Gasteiger partial charge in [-0.2, -0.15) is 0 Å². The van der Waals surface area contributed by atoms with Gasteiger partial charge < -0.3 is 0 Å². The third-order valence-corrected chi connectivity index (χ3v) is 4.15. The molecule has 0 fully saturated rings. The van der Waals surface area contributed by atoms with E-state index in [2.05, 4.69) is 0 Å². The molecular weight excluding hydrogens is 363 g/mol. The number of non-ortho nitro benzene ring substituents is 1. The van der Waals surface area contributed by atoms with Crippen LogP contribution in [0.5, 0.6) is 0 Å². The zero-order chi connectivity index (χ0) is 18.2. The zero-order valence-corrected chi connectivity index (χ0v) is 12.0. The summed E-state index contributed by atoms with van der Waals surface area (Å²) in [6.07, 6.45) is 0. The van der Waals surface area contributed by atoms with E-state index in [0.717, 1.165) is 18.2 Å². The molecule has 0 radical (unpaired) electrons. The highest BCUT2D eigenvalue weighted by Crippen LogP contribution is 2.28. The second-order valence-electron chi connectivity index (χ2n) is 4.31. The van der Waals surface area contributed by atoms with E-state index in [9.17, 15) is 40.5 Å². The summed E-state index contributed by atoms with van der Waals surface area (Å²) in [6.45, 7) is 0. The highest BCUT2D eigenvalue weighted by atomic mass is 32.2. The average molecular weight is 368 g/mol. The van der Waals surface area contributed by atoms with Crippen LogP contribution < -0.4 is 4.72 Å². The Kier molecular flexibility index (Phi) is 4.42. The molecule has 0 saturated carbocycles. The predicted octanol–water partition coefficient (Wildman–Crippen LogP) is 3.09. The van der Waals surface area contributed by atoms with Crippen LogP contribution in [0.15, 0.2) is 29.2 Å². The van der Waals surface area contributed by atoms with Crippen LogP contribution in [-0.2, 0) is 10.0 Å². The van der Waals surface area contributed by atoms with E-state index in [-0.39, 0.29) is 0 Å². The molecule has 0 saturated heterocycles. The van der Waals surface area contributed by atoms with Crippen molar-refractivity contribution in [3.05, 3.63) is 63.5 Å². The van der Waals surface area contributed by atoms with Crippen molar-refractivity contribution in [2.24, 2.45) is 0 Å². The summed E-state index contributed by atoms with van der Waals surface area (Å²) in [5, 5.41) is 10.6. The second-order valence-corrected chi connectivity index (χ2v) is 5.93. The second kappa shape index (κ2) is 6.03. The van der Waals surface area contributed by atoms with Gasteiger partial charge in [0.2, 0.25) is 5.82 Å². The molecule has 0 aliphatic rings. The number of nitro benzene ring substituents is 1. The molecule has 12 heteroatoms. The Hall–Kier alpha value is -2.76. The Morgan fingerprint density at radius 2 is 1.42 bits per heavy atom. The molecule has 0 aliphatic heterocycles. The van der Waals surface area contributed by atoms with Gasteiger partial charge in [0.05, 0.1) is 10.6 Å². The molecule has 0 amide bonds. The Labute approximate surface area is 130 Å². The van der Waals surface area contributed by atoms with Crippen LogP contribution in [0.2, 0.25) is 0 Å². The number of sulfonamides is 1. The summed E-state index contributed by atoms with van der Waals surface area (Å²) in [7, 11) is -5.25. The van der Waals surface area contributed by atoms with Crippen molar-refractivity contribution in [2.75, 3.05) is 4.72 Å². The van der Waals surface area contributed by atoms with Crippen molar-refractivity contribution in [3.8, 4) is 0 Å². The first-order chi connectivity index (χ1) is 11.1. The lowest BCUT2D eigenvalue weighted by molar-refractivity contribution is -0.384. The average Bonchev–Trinajstić information content (AvgIpc) is 2.50. The molecule has 0 heterocycles. The van der Waals surface area contributed by atoms with E-state index < -0.39 is 60.3 Å². The number of nitrogens with one attached hydrogen (secondary N) is 1. The summed E-state index contributed by atoms with van der Waals surface area (Å²) < 4.78 is 91.6. The standard InChI is InChI=1S/C12H5F5N2O4S/c13-7-8(14)10(16)12(11(17)9(7)15)24(22,23)18-5-2-1-3-6(4-5)19(20)21/h1-4,18H. The van der Waals surface area contributed by atoms with Gasteiger partial charge >= 0.3 is 0 Å². The fourth-order valence-corrected chi connectivity index (χ4v) is 2.90. The fourth-order valence-electron chi connectivity index (χ4n) is 1.71. The van der Waals surface area contributed by atoms with E-state index in [1.165, 1.54) is 4.72 Å². The Morgan fingerprint density at radius 3 is 1.92 bits per heavy atom. The molecule has 0 unspecified atom stereocenters. The SMILES string of the molecule is O=[N+]([O-])c1cccc(NS(=O)(=O)c2c(F)c(F)c(F)c(F)c2F)c1. The van der Waals surface area contributed by atoms with Gasteiger partial charge in [-0.15, -0.1) is 0 Å². The third kappa shape index (κ3) is 2.99. The van der Waals surface area contributed by atoms with E-state index in [1.54, 1.807) is 0 Å². The van der Waals surface area contributed by atoms with E-state index in [0.29, 0.717) is 6.07 Å². The number of rotatable bonds is 4. The molecule has 2 aromatic rings. The first-order valence-electron chi connectivity index (χ1n) is 5.85. The summed E-state index contributed by atoms with van der Waals surface area (Å²) in [5.41, 5.74) is -1.07. The Morgan fingerprint density at radius 1 is 0.917 bits per heavy atom. The lowest BCUT2D eigenvalue weighted by Gasteiger charge is -2.11. The maximum Gasteiger partial charge on any atom is 0.271 e. The van der Waals surface area contributed by atoms with Gasteiger partial charge in [-0.1, -0.05) is 6.07 Å². The molecule has 1 N–H and O–H groups in total. The number of nitrogens with zero attached hydrogens (tertiary/aromatic N) is 1. The van der Waals surface area contributed by atoms with Crippen molar-refractivity contribution >= 4 is 21.4 Å². The summed E-state index contributed by atoms with van der Waals surface area (Å²) >= 11 is 0. The highest BCUT2D eigenvalue weighted by Gasteiger charge is 2.33. The number of anilines is 1. The quantitative estimate of drug-likeness (QED) is 0.295. The van der Waals surface area contributed by atoms with Gasteiger partial charge in [-0.3, -0.25) is 14.8 Å². The summed E-state index contributed by atoms with van der Waals surface area (Å²) in [6, 6.07) is 3.73. The third-order valence-electron chi connectivity index (χ3n) is 2.75. The minimum Gasteiger partial charge on any atom is -0.279 e. The maximum absolute atomic E-state index is 13.6. The van der Waals surface area contributed by atoms with Crippen molar-refractivity contribution in [1.82, 2.24) is 0 Å². The number of hydrogen-bond donors (Lipinski definition) is 1. The predicted molar refractivity (Wildman–Crippen MR) is 70.1 cm³/mol. The fraction of sp³-hybridized carbons (Fsp3) is 0. The first-order valence-corrected chi connectivity index (χ1v) is 7.33.